The number of pyridine rings is 1. The Morgan fingerprint density at radius 1 is 0.889 bits per heavy atom. The predicted molar refractivity (Wildman–Crippen MR) is 72.7 cm³/mol. The zero-order valence-electron chi connectivity index (χ0n) is 9.71. The first kappa shape index (κ1) is 10.6. The molecule has 2 aromatic carbocycles. The third-order valence-electron chi connectivity index (χ3n) is 2.65. The smallest absolute Gasteiger partial charge is 0.128 e. The van der Waals surface area contributed by atoms with Gasteiger partial charge in [0.2, 0.25) is 0 Å². The second-order valence-corrected chi connectivity index (χ2v) is 4.04. The second kappa shape index (κ2) is 4.37. The van der Waals surface area contributed by atoms with Crippen molar-refractivity contribution < 1.29 is 4.74 Å². The van der Waals surface area contributed by atoms with Gasteiger partial charge >= 0.3 is 0 Å². The van der Waals surface area contributed by atoms with E-state index in [9.17, 15) is 0 Å². The highest BCUT2D eigenvalue weighted by Crippen LogP contribution is 2.25. The number of fused-ring (bicyclic) bond motifs is 1. The third kappa shape index (κ3) is 2.11. The molecule has 0 unspecified atom stereocenters. The first-order valence-corrected chi connectivity index (χ1v) is 5.69. The van der Waals surface area contributed by atoms with Crippen molar-refractivity contribution in [2.75, 3.05) is 5.73 Å². The van der Waals surface area contributed by atoms with E-state index in [-0.39, 0.29) is 0 Å². The monoisotopic (exact) mass is 236 g/mol. The highest BCUT2D eigenvalue weighted by molar-refractivity contribution is 5.82. The molecule has 0 fully saturated rings. The predicted octanol–water partition coefficient (Wildman–Crippen LogP) is 3.61. The van der Waals surface area contributed by atoms with Crippen molar-refractivity contribution in [3.05, 3.63) is 60.8 Å². The number of nitrogens with two attached hydrogens (primary N) is 1. The quantitative estimate of drug-likeness (QED) is 0.739. The van der Waals surface area contributed by atoms with E-state index in [0.717, 1.165) is 22.4 Å². The summed E-state index contributed by atoms with van der Waals surface area (Å²) < 4.78 is 5.76. The van der Waals surface area contributed by atoms with Crippen LogP contribution in [0.5, 0.6) is 11.5 Å². The lowest BCUT2D eigenvalue weighted by Gasteiger charge is -2.06. The van der Waals surface area contributed by atoms with Gasteiger partial charge < -0.3 is 10.5 Å². The largest absolute Gasteiger partial charge is 0.457 e. The summed E-state index contributed by atoms with van der Waals surface area (Å²) >= 11 is 0. The number of para-hydroxylation sites is 1. The van der Waals surface area contributed by atoms with Crippen molar-refractivity contribution >= 4 is 16.6 Å². The SMILES string of the molecule is Nc1cnc2ccc(Oc3ccccc3)cc2c1. The summed E-state index contributed by atoms with van der Waals surface area (Å²) in [5, 5.41) is 0.975. The number of hydrogen-bond donors (Lipinski definition) is 1. The minimum absolute atomic E-state index is 0.652. The number of nitrogens with zero attached hydrogens (tertiary/aromatic N) is 1. The van der Waals surface area contributed by atoms with E-state index < -0.39 is 0 Å². The maximum Gasteiger partial charge on any atom is 0.128 e. The van der Waals surface area contributed by atoms with Gasteiger partial charge in [-0.05, 0) is 36.4 Å². The van der Waals surface area contributed by atoms with Gasteiger partial charge in [0.05, 0.1) is 17.4 Å². The number of nitrogen functional groups attached to an aromatic ring is 1. The van der Waals surface area contributed by atoms with E-state index >= 15 is 0 Å². The van der Waals surface area contributed by atoms with Crippen LogP contribution in [0.2, 0.25) is 0 Å². The van der Waals surface area contributed by atoms with Crippen molar-refractivity contribution in [3.63, 3.8) is 0 Å². The molecule has 0 saturated carbocycles. The maximum absolute atomic E-state index is 5.76. The maximum atomic E-state index is 5.76. The van der Waals surface area contributed by atoms with Crippen LogP contribution in [0.25, 0.3) is 10.9 Å². The number of rotatable bonds is 2. The Bertz CT molecular complexity index is 680. The fourth-order valence-corrected chi connectivity index (χ4v) is 1.81. The van der Waals surface area contributed by atoms with Crippen LogP contribution in [0.4, 0.5) is 5.69 Å². The summed E-state index contributed by atoms with van der Waals surface area (Å²) in [6, 6.07) is 17.3. The molecule has 0 saturated heterocycles. The average Bonchev–Trinajstić information content (AvgIpc) is 2.39. The van der Waals surface area contributed by atoms with E-state index in [1.54, 1.807) is 6.20 Å². The van der Waals surface area contributed by atoms with Crippen molar-refractivity contribution in [3.8, 4) is 11.5 Å². The van der Waals surface area contributed by atoms with Crippen molar-refractivity contribution in [2.45, 2.75) is 0 Å². The molecule has 3 heteroatoms. The highest BCUT2D eigenvalue weighted by Gasteiger charge is 2.00. The first-order valence-electron chi connectivity index (χ1n) is 5.69. The van der Waals surface area contributed by atoms with Crippen LogP contribution in [0.1, 0.15) is 0 Å². The Balaban J connectivity index is 1.98. The summed E-state index contributed by atoms with van der Waals surface area (Å²) in [6.07, 6.45) is 1.65. The Hall–Kier alpha value is -2.55. The molecule has 0 amide bonds. The molecule has 1 aromatic heterocycles. The van der Waals surface area contributed by atoms with Crippen LogP contribution >= 0.6 is 0 Å². The van der Waals surface area contributed by atoms with Crippen LogP contribution in [-0.2, 0) is 0 Å². The van der Waals surface area contributed by atoms with Crippen LogP contribution in [-0.4, -0.2) is 4.98 Å². The molecule has 3 nitrogen and oxygen atoms in total. The minimum Gasteiger partial charge on any atom is -0.457 e. The fourth-order valence-electron chi connectivity index (χ4n) is 1.81. The van der Waals surface area contributed by atoms with Gasteiger partial charge in [-0.3, -0.25) is 4.98 Å². The molecular weight excluding hydrogens is 224 g/mol. The van der Waals surface area contributed by atoms with Crippen LogP contribution in [0, 0.1) is 0 Å². The van der Waals surface area contributed by atoms with Crippen molar-refractivity contribution in [1.82, 2.24) is 4.98 Å². The van der Waals surface area contributed by atoms with E-state index in [4.69, 9.17) is 10.5 Å². The molecule has 2 N–H and O–H groups in total. The third-order valence-corrected chi connectivity index (χ3v) is 2.65. The molecule has 0 atom stereocenters. The molecule has 0 radical (unpaired) electrons. The lowest BCUT2D eigenvalue weighted by Crippen LogP contribution is -1.88. The van der Waals surface area contributed by atoms with Gasteiger partial charge in [0, 0.05) is 5.39 Å². The lowest BCUT2D eigenvalue weighted by atomic mass is 10.2. The molecule has 3 rings (SSSR count). The summed E-state index contributed by atoms with van der Waals surface area (Å²) in [6.45, 7) is 0. The van der Waals surface area contributed by atoms with Gasteiger partial charge in [0.1, 0.15) is 11.5 Å². The molecule has 0 aliphatic rings. The molecular formula is C15H12N2O. The number of hydrogen-bond acceptors (Lipinski definition) is 3. The number of anilines is 1. The summed E-state index contributed by atoms with van der Waals surface area (Å²) in [7, 11) is 0. The molecule has 0 aliphatic heterocycles. The van der Waals surface area contributed by atoms with E-state index in [1.807, 2.05) is 54.6 Å². The van der Waals surface area contributed by atoms with Gasteiger partial charge in [-0.1, -0.05) is 18.2 Å². The molecule has 88 valence electrons. The Kier molecular flexibility index (Phi) is 2.57. The van der Waals surface area contributed by atoms with Crippen LogP contribution in [0.3, 0.4) is 0 Å². The van der Waals surface area contributed by atoms with Gasteiger partial charge in [-0.2, -0.15) is 0 Å². The standard InChI is InChI=1S/C15H12N2O/c16-12-8-11-9-14(6-7-15(11)17-10-12)18-13-4-2-1-3-5-13/h1-10H,16H2. The Morgan fingerprint density at radius 3 is 2.56 bits per heavy atom. The van der Waals surface area contributed by atoms with Gasteiger partial charge in [-0.15, -0.1) is 0 Å². The Labute approximate surface area is 105 Å². The molecule has 1 heterocycles. The molecule has 3 aromatic rings. The topological polar surface area (TPSA) is 48.1 Å². The number of benzene rings is 2. The molecule has 0 aliphatic carbocycles. The van der Waals surface area contributed by atoms with Gasteiger partial charge in [0.15, 0.2) is 0 Å². The second-order valence-electron chi connectivity index (χ2n) is 4.04. The molecule has 0 spiro atoms. The summed E-state index contributed by atoms with van der Waals surface area (Å²) in [4.78, 5) is 4.25. The summed E-state index contributed by atoms with van der Waals surface area (Å²) in [5.41, 5.74) is 7.28. The highest BCUT2D eigenvalue weighted by atomic mass is 16.5. The van der Waals surface area contributed by atoms with E-state index in [2.05, 4.69) is 4.98 Å². The van der Waals surface area contributed by atoms with E-state index in [1.165, 1.54) is 0 Å². The van der Waals surface area contributed by atoms with E-state index in [0.29, 0.717) is 5.69 Å². The van der Waals surface area contributed by atoms with Gasteiger partial charge in [0.25, 0.3) is 0 Å². The molecule has 0 bridgehead atoms. The molecule has 18 heavy (non-hydrogen) atoms. The fraction of sp³-hybridized carbons (Fsp3) is 0. The zero-order chi connectivity index (χ0) is 12.4. The zero-order valence-corrected chi connectivity index (χ0v) is 9.71. The van der Waals surface area contributed by atoms with Crippen LogP contribution < -0.4 is 10.5 Å². The number of aromatic nitrogens is 1. The van der Waals surface area contributed by atoms with Crippen molar-refractivity contribution in [2.24, 2.45) is 0 Å². The normalized spacial score (nSPS) is 10.4. The van der Waals surface area contributed by atoms with Gasteiger partial charge in [-0.25, -0.2) is 0 Å². The van der Waals surface area contributed by atoms with Crippen molar-refractivity contribution in [1.29, 1.82) is 0 Å². The first-order chi connectivity index (χ1) is 8.81. The average molecular weight is 236 g/mol. The number of ether oxygens (including phenoxy) is 1. The summed E-state index contributed by atoms with van der Waals surface area (Å²) in [5.74, 6) is 1.59. The minimum atomic E-state index is 0.652. The lowest BCUT2D eigenvalue weighted by molar-refractivity contribution is 0.483. The Morgan fingerprint density at radius 2 is 1.72 bits per heavy atom. The van der Waals surface area contributed by atoms with Crippen LogP contribution in [0.15, 0.2) is 60.8 Å².